The molecule has 0 aliphatic carbocycles. The molecule has 0 saturated carbocycles. The number of nitrogens with zero attached hydrogens (tertiary/aromatic N) is 4. The molecule has 0 radical (unpaired) electrons. The van der Waals surface area contributed by atoms with Gasteiger partial charge in [0.15, 0.2) is 11.5 Å². The van der Waals surface area contributed by atoms with Crippen LogP contribution in [-0.4, -0.2) is 67.1 Å². The van der Waals surface area contributed by atoms with Crippen LogP contribution in [0.15, 0.2) is 30.3 Å². The summed E-state index contributed by atoms with van der Waals surface area (Å²) in [5, 5.41) is 0. The summed E-state index contributed by atoms with van der Waals surface area (Å²) in [6.45, 7) is 3.26. The van der Waals surface area contributed by atoms with Gasteiger partial charge >= 0.3 is 6.18 Å². The number of piperidine rings is 1. The van der Waals surface area contributed by atoms with Gasteiger partial charge < -0.3 is 24.0 Å². The molecule has 2 aromatic rings. The zero-order chi connectivity index (χ0) is 23.3. The SMILES string of the molecule is CN1CCC2(CCN(c3nc(Oc4cccc(F)c4)cc(C(F)(F)F)n3)C2)C2(C1)OCCO2. The van der Waals surface area contributed by atoms with E-state index in [0.717, 1.165) is 25.1 Å². The number of aromatic nitrogens is 2. The first-order chi connectivity index (χ1) is 15.7. The van der Waals surface area contributed by atoms with Gasteiger partial charge in [-0.1, -0.05) is 6.07 Å². The average Bonchev–Trinajstić information content (AvgIpc) is 3.39. The van der Waals surface area contributed by atoms with Gasteiger partial charge in [0.05, 0.1) is 19.8 Å². The minimum atomic E-state index is -4.69. The minimum absolute atomic E-state index is 0.0488. The Morgan fingerprint density at radius 1 is 1.03 bits per heavy atom. The van der Waals surface area contributed by atoms with Gasteiger partial charge in [0.2, 0.25) is 11.8 Å². The van der Waals surface area contributed by atoms with E-state index in [2.05, 4.69) is 14.9 Å². The molecule has 1 aromatic carbocycles. The fraction of sp³-hybridized carbons (Fsp3) is 0.545. The summed E-state index contributed by atoms with van der Waals surface area (Å²) >= 11 is 0. The van der Waals surface area contributed by atoms with Crippen LogP contribution in [-0.2, 0) is 15.7 Å². The normalized spacial score (nSPS) is 25.3. The van der Waals surface area contributed by atoms with Crippen LogP contribution in [0, 0.1) is 11.2 Å². The zero-order valence-corrected chi connectivity index (χ0v) is 18.1. The Kier molecular flexibility index (Phi) is 5.45. The highest BCUT2D eigenvalue weighted by molar-refractivity contribution is 5.40. The first-order valence-electron chi connectivity index (χ1n) is 10.8. The highest BCUT2D eigenvalue weighted by atomic mass is 19.4. The van der Waals surface area contributed by atoms with E-state index in [4.69, 9.17) is 14.2 Å². The second kappa shape index (κ2) is 8.07. The summed E-state index contributed by atoms with van der Waals surface area (Å²) < 4.78 is 72.0. The molecule has 3 saturated heterocycles. The van der Waals surface area contributed by atoms with Crippen LogP contribution >= 0.6 is 0 Å². The standard InChI is InChI=1S/C22H24F4N4O3/c1-29-7-5-20(21(14-29)31-9-10-32-21)6-8-30(13-20)19-27-17(22(24,25)26)12-18(28-19)33-16-4-2-3-15(23)11-16/h2-4,11-12H,5-10,13-14H2,1H3. The molecule has 4 heterocycles. The van der Waals surface area contributed by atoms with Crippen molar-refractivity contribution in [2.24, 2.45) is 5.41 Å². The van der Waals surface area contributed by atoms with Crippen molar-refractivity contribution in [1.82, 2.24) is 14.9 Å². The van der Waals surface area contributed by atoms with Crippen molar-refractivity contribution < 1.29 is 31.8 Å². The number of rotatable bonds is 3. The maximum Gasteiger partial charge on any atom is 0.433 e. The number of ether oxygens (including phenoxy) is 3. The molecule has 1 aromatic heterocycles. The number of likely N-dealkylation sites (tertiary alicyclic amines) is 1. The van der Waals surface area contributed by atoms with E-state index in [1.54, 1.807) is 4.90 Å². The molecule has 7 nitrogen and oxygen atoms in total. The first-order valence-corrected chi connectivity index (χ1v) is 10.8. The van der Waals surface area contributed by atoms with Crippen molar-refractivity contribution >= 4 is 5.95 Å². The van der Waals surface area contributed by atoms with Crippen molar-refractivity contribution in [2.75, 3.05) is 51.3 Å². The monoisotopic (exact) mass is 468 g/mol. The van der Waals surface area contributed by atoms with Gasteiger partial charge in [0.1, 0.15) is 11.6 Å². The summed E-state index contributed by atoms with van der Waals surface area (Å²) in [5.74, 6) is -1.70. The second-order valence-electron chi connectivity index (χ2n) is 8.84. The molecule has 11 heteroatoms. The van der Waals surface area contributed by atoms with Gasteiger partial charge in [-0.3, -0.25) is 0 Å². The Morgan fingerprint density at radius 3 is 2.52 bits per heavy atom. The van der Waals surface area contributed by atoms with Crippen LogP contribution in [0.5, 0.6) is 11.6 Å². The Balaban J connectivity index is 1.46. The predicted octanol–water partition coefficient (Wildman–Crippen LogP) is 3.70. The number of halogens is 4. The van der Waals surface area contributed by atoms with Crippen LogP contribution < -0.4 is 9.64 Å². The summed E-state index contributed by atoms with van der Waals surface area (Å²) in [6, 6.07) is 5.87. The van der Waals surface area contributed by atoms with Crippen molar-refractivity contribution in [2.45, 2.75) is 24.8 Å². The fourth-order valence-electron chi connectivity index (χ4n) is 5.01. The third kappa shape index (κ3) is 4.13. The lowest BCUT2D eigenvalue weighted by Gasteiger charge is -2.50. The quantitative estimate of drug-likeness (QED) is 0.637. The Bertz CT molecular complexity index is 1030. The molecule has 178 valence electrons. The molecule has 3 fully saturated rings. The summed E-state index contributed by atoms with van der Waals surface area (Å²) in [5.41, 5.74) is -1.50. The van der Waals surface area contributed by atoms with E-state index < -0.39 is 23.5 Å². The van der Waals surface area contributed by atoms with E-state index in [1.165, 1.54) is 18.2 Å². The molecule has 5 rings (SSSR count). The van der Waals surface area contributed by atoms with E-state index in [9.17, 15) is 17.6 Å². The Labute approximate surface area is 188 Å². The van der Waals surface area contributed by atoms with Gasteiger partial charge in [-0.15, -0.1) is 0 Å². The van der Waals surface area contributed by atoms with Crippen LogP contribution in [0.1, 0.15) is 18.5 Å². The Hall–Kier alpha value is -2.50. The highest BCUT2D eigenvalue weighted by Gasteiger charge is 2.61. The molecule has 1 atom stereocenters. The van der Waals surface area contributed by atoms with Crippen LogP contribution in [0.2, 0.25) is 0 Å². The maximum absolute atomic E-state index is 13.6. The summed E-state index contributed by atoms with van der Waals surface area (Å²) in [4.78, 5) is 11.9. The van der Waals surface area contributed by atoms with Crippen molar-refractivity contribution in [3.8, 4) is 11.6 Å². The predicted molar refractivity (Wildman–Crippen MR) is 110 cm³/mol. The maximum atomic E-state index is 13.6. The molecule has 0 amide bonds. The zero-order valence-electron chi connectivity index (χ0n) is 18.1. The summed E-state index contributed by atoms with van der Waals surface area (Å²) in [6.07, 6.45) is -3.23. The number of hydrogen-bond donors (Lipinski definition) is 0. The average molecular weight is 468 g/mol. The third-order valence-electron chi connectivity index (χ3n) is 6.65. The van der Waals surface area contributed by atoms with E-state index in [0.29, 0.717) is 39.3 Å². The Morgan fingerprint density at radius 2 is 1.79 bits per heavy atom. The van der Waals surface area contributed by atoms with E-state index in [1.807, 2.05) is 7.05 Å². The topological polar surface area (TPSA) is 60.0 Å². The summed E-state index contributed by atoms with van der Waals surface area (Å²) in [7, 11) is 2.00. The van der Waals surface area contributed by atoms with E-state index in [-0.39, 0.29) is 23.0 Å². The molecule has 2 spiro atoms. The van der Waals surface area contributed by atoms with Crippen LogP contribution in [0.4, 0.5) is 23.5 Å². The second-order valence-corrected chi connectivity index (χ2v) is 8.84. The lowest BCUT2D eigenvalue weighted by Crippen LogP contribution is -2.61. The molecular weight excluding hydrogens is 444 g/mol. The molecule has 3 aliphatic rings. The van der Waals surface area contributed by atoms with Crippen molar-refractivity contribution in [3.63, 3.8) is 0 Å². The smallest absolute Gasteiger partial charge is 0.433 e. The molecular formula is C22H24F4N4O3. The van der Waals surface area contributed by atoms with Crippen molar-refractivity contribution in [3.05, 3.63) is 41.8 Å². The number of anilines is 1. The van der Waals surface area contributed by atoms with Crippen LogP contribution in [0.3, 0.4) is 0 Å². The number of fused-ring (bicyclic) bond motifs is 1. The van der Waals surface area contributed by atoms with Gasteiger partial charge in [-0.05, 0) is 38.6 Å². The molecule has 3 aliphatic heterocycles. The number of likely N-dealkylation sites (N-methyl/N-ethyl adjacent to an activating group) is 1. The van der Waals surface area contributed by atoms with Gasteiger partial charge in [0, 0.05) is 30.6 Å². The van der Waals surface area contributed by atoms with E-state index >= 15 is 0 Å². The first kappa shape index (κ1) is 22.3. The number of benzene rings is 1. The molecule has 0 N–H and O–H groups in total. The minimum Gasteiger partial charge on any atom is -0.439 e. The largest absolute Gasteiger partial charge is 0.439 e. The van der Waals surface area contributed by atoms with Gasteiger partial charge in [-0.2, -0.15) is 18.2 Å². The molecule has 0 bridgehead atoms. The molecule has 33 heavy (non-hydrogen) atoms. The lowest BCUT2D eigenvalue weighted by molar-refractivity contribution is -0.257. The van der Waals surface area contributed by atoms with Crippen LogP contribution in [0.25, 0.3) is 0 Å². The van der Waals surface area contributed by atoms with Gasteiger partial charge in [0.25, 0.3) is 0 Å². The fourth-order valence-corrected chi connectivity index (χ4v) is 5.01. The van der Waals surface area contributed by atoms with Gasteiger partial charge in [-0.25, -0.2) is 9.37 Å². The lowest BCUT2D eigenvalue weighted by atomic mass is 9.72. The third-order valence-corrected chi connectivity index (χ3v) is 6.65. The molecule has 1 unspecified atom stereocenters. The van der Waals surface area contributed by atoms with Crippen molar-refractivity contribution in [1.29, 1.82) is 0 Å². The highest BCUT2D eigenvalue weighted by Crippen LogP contribution is 2.51. The number of alkyl halides is 3. The number of hydrogen-bond acceptors (Lipinski definition) is 7.